The van der Waals surface area contributed by atoms with Crippen molar-refractivity contribution in [1.82, 2.24) is 5.32 Å². The summed E-state index contributed by atoms with van der Waals surface area (Å²) in [4.78, 5) is 0. The summed E-state index contributed by atoms with van der Waals surface area (Å²) in [7, 11) is 0. The molecule has 1 atom stereocenters. The van der Waals surface area contributed by atoms with Crippen molar-refractivity contribution in [1.29, 1.82) is 0 Å². The standard InChI is InChI=1S/C17H22ClNO/c1-5-8-19-17(16-7-6-13(4)20-16)14-9-12(3)15(18)10-11(14)2/h6-7,9-10,17,19H,5,8H2,1-4H3. The Bertz CT molecular complexity index is 589. The maximum absolute atomic E-state index is 6.20. The molecule has 0 radical (unpaired) electrons. The first-order chi connectivity index (χ1) is 9.52. The number of aryl methyl sites for hydroxylation is 3. The van der Waals surface area contributed by atoms with E-state index < -0.39 is 0 Å². The Morgan fingerprint density at radius 3 is 2.50 bits per heavy atom. The molecule has 2 aromatic rings. The second kappa shape index (κ2) is 6.47. The minimum absolute atomic E-state index is 0.0830. The van der Waals surface area contributed by atoms with Crippen molar-refractivity contribution in [2.45, 2.75) is 40.2 Å². The molecule has 1 unspecified atom stereocenters. The number of halogens is 1. The first kappa shape index (κ1) is 15.1. The van der Waals surface area contributed by atoms with Gasteiger partial charge in [-0.25, -0.2) is 0 Å². The zero-order chi connectivity index (χ0) is 14.7. The van der Waals surface area contributed by atoms with E-state index in [1.54, 1.807) is 0 Å². The van der Waals surface area contributed by atoms with E-state index in [1.807, 2.05) is 32.0 Å². The molecule has 0 aliphatic heterocycles. The summed E-state index contributed by atoms with van der Waals surface area (Å²) in [6.07, 6.45) is 1.09. The molecule has 0 spiro atoms. The Kier molecular flexibility index (Phi) is 4.90. The number of benzene rings is 1. The van der Waals surface area contributed by atoms with E-state index in [0.717, 1.165) is 35.1 Å². The minimum atomic E-state index is 0.0830. The van der Waals surface area contributed by atoms with Crippen molar-refractivity contribution in [3.8, 4) is 0 Å². The van der Waals surface area contributed by atoms with E-state index in [-0.39, 0.29) is 6.04 Å². The van der Waals surface area contributed by atoms with E-state index in [4.69, 9.17) is 16.0 Å². The van der Waals surface area contributed by atoms with Crippen LogP contribution in [0.5, 0.6) is 0 Å². The largest absolute Gasteiger partial charge is 0.464 e. The van der Waals surface area contributed by atoms with Crippen LogP contribution in [0.25, 0.3) is 0 Å². The van der Waals surface area contributed by atoms with Crippen molar-refractivity contribution in [3.63, 3.8) is 0 Å². The molecular formula is C17H22ClNO. The van der Waals surface area contributed by atoms with Crippen LogP contribution in [0.4, 0.5) is 0 Å². The molecule has 1 aromatic carbocycles. The third kappa shape index (κ3) is 3.25. The molecule has 20 heavy (non-hydrogen) atoms. The van der Waals surface area contributed by atoms with Crippen molar-refractivity contribution in [3.05, 3.63) is 57.5 Å². The Hall–Kier alpha value is -1.25. The van der Waals surface area contributed by atoms with Crippen LogP contribution in [0.2, 0.25) is 5.02 Å². The molecule has 0 aliphatic rings. The Morgan fingerprint density at radius 1 is 1.15 bits per heavy atom. The van der Waals surface area contributed by atoms with Crippen LogP contribution in [0.1, 0.15) is 47.6 Å². The molecule has 0 aliphatic carbocycles. The van der Waals surface area contributed by atoms with Gasteiger partial charge >= 0.3 is 0 Å². The molecule has 2 nitrogen and oxygen atoms in total. The van der Waals surface area contributed by atoms with Crippen molar-refractivity contribution < 1.29 is 4.42 Å². The summed E-state index contributed by atoms with van der Waals surface area (Å²) in [5.74, 6) is 1.90. The van der Waals surface area contributed by atoms with Gasteiger partial charge in [-0.15, -0.1) is 0 Å². The summed E-state index contributed by atoms with van der Waals surface area (Å²) >= 11 is 6.20. The van der Waals surface area contributed by atoms with Crippen LogP contribution in [0.15, 0.2) is 28.7 Å². The quantitative estimate of drug-likeness (QED) is 0.843. The average molecular weight is 292 g/mol. The molecule has 3 heteroatoms. The molecule has 108 valence electrons. The first-order valence-corrected chi connectivity index (χ1v) is 7.47. The third-order valence-corrected chi connectivity index (χ3v) is 3.91. The van der Waals surface area contributed by atoms with Gasteiger partial charge in [0.1, 0.15) is 11.5 Å². The normalized spacial score (nSPS) is 12.7. The lowest BCUT2D eigenvalue weighted by molar-refractivity contribution is 0.429. The fourth-order valence-electron chi connectivity index (χ4n) is 2.38. The minimum Gasteiger partial charge on any atom is -0.464 e. The van der Waals surface area contributed by atoms with E-state index >= 15 is 0 Å². The fourth-order valence-corrected chi connectivity index (χ4v) is 2.59. The second-order valence-electron chi connectivity index (χ2n) is 5.29. The van der Waals surface area contributed by atoms with E-state index in [9.17, 15) is 0 Å². The smallest absolute Gasteiger partial charge is 0.125 e. The summed E-state index contributed by atoms with van der Waals surface area (Å²) in [6, 6.07) is 8.32. The van der Waals surface area contributed by atoms with E-state index in [0.29, 0.717) is 0 Å². The Balaban J connectivity index is 2.43. The van der Waals surface area contributed by atoms with Gasteiger partial charge in [-0.3, -0.25) is 0 Å². The number of furan rings is 1. The molecule has 0 amide bonds. The molecule has 0 saturated heterocycles. The maximum Gasteiger partial charge on any atom is 0.125 e. The SMILES string of the molecule is CCCNC(c1ccc(C)o1)c1cc(C)c(Cl)cc1C. The predicted molar refractivity (Wildman–Crippen MR) is 84.5 cm³/mol. The molecule has 1 heterocycles. The Labute approximate surface area is 126 Å². The van der Waals surface area contributed by atoms with Crippen molar-refractivity contribution in [2.75, 3.05) is 6.54 Å². The first-order valence-electron chi connectivity index (χ1n) is 7.09. The lowest BCUT2D eigenvalue weighted by Gasteiger charge is -2.20. The van der Waals surface area contributed by atoms with Gasteiger partial charge < -0.3 is 9.73 Å². The highest BCUT2D eigenvalue weighted by molar-refractivity contribution is 6.31. The monoisotopic (exact) mass is 291 g/mol. The summed E-state index contributed by atoms with van der Waals surface area (Å²) < 4.78 is 5.83. The van der Waals surface area contributed by atoms with Crippen LogP contribution < -0.4 is 5.32 Å². The van der Waals surface area contributed by atoms with Crippen LogP contribution in [-0.4, -0.2) is 6.54 Å². The molecule has 2 rings (SSSR count). The number of rotatable bonds is 5. The van der Waals surface area contributed by atoms with Crippen LogP contribution in [0.3, 0.4) is 0 Å². The highest BCUT2D eigenvalue weighted by Crippen LogP contribution is 2.30. The van der Waals surface area contributed by atoms with Gasteiger partial charge in [0.25, 0.3) is 0 Å². The van der Waals surface area contributed by atoms with Crippen molar-refractivity contribution in [2.24, 2.45) is 0 Å². The van der Waals surface area contributed by atoms with Gasteiger partial charge in [-0.05, 0) is 68.6 Å². The van der Waals surface area contributed by atoms with Gasteiger partial charge in [0.2, 0.25) is 0 Å². The zero-order valence-electron chi connectivity index (χ0n) is 12.6. The number of hydrogen-bond acceptors (Lipinski definition) is 2. The zero-order valence-corrected chi connectivity index (χ0v) is 13.3. The highest BCUT2D eigenvalue weighted by Gasteiger charge is 2.19. The highest BCUT2D eigenvalue weighted by atomic mass is 35.5. The second-order valence-corrected chi connectivity index (χ2v) is 5.70. The van der Waals surface area contributed by atoms with E-state index in [1.165, 1.54) is 11.1 Å². The molecule has 1 N–H and O–H groups in total. The molecule has 0 bridgehead atoms. The van der Waals surface area contributed by atoms with Crippen LogP contribution >= 0.6 is 11.6 Å². The third-order valence-electron chi connectivity index (χ3n) is 3.50. The average Bonchev–Trinajstić information content (AvgIpc) is 2.82. The fraction of sp³-hybridized carbons (Fsp3) is 0.412. The van der Waals surface area contributed by atoms with Crippen molar-refractivity contribution >= 4 is 11.6 Å². The summed E-state index contributed by atoms with van der Waals surface area (Å²) in [5, 5.41) is 4.38. The van der Waals surface area contributed by atoms with Gasteiger partial charge in [0.05, 0.1) is 6.04 Å². The number of nitrogens with one attached hydrogen (secondary N) is 1. The van der Waals surface area contributed by atoms with Gasteiger partial charge in [-0.1, -0.05) is 24.6 Å². The van der Waals surface area contributed by atoms with Gasteiger partial charge in [0.15, 0.2) is 0 Å². The number of hydrogen-bond donors (Lipinski definition) is 1. The summed E-state index contributed by atoms with van der Waals surface area (Å²) in [5.41, 5.74) is 3.51. The predicted octanol–water partition coefficient (Wildman–Crippen LogP) is 4.95. The molecule has 0 fully saturated rings. The lowest BCUT2D eigenvalue weighted by atomic mass is 9.97. The topological polar surface area (TPSA) is 25.2 Å². The lowest BCUT2D eigenvalue weighted by Crippen LogP contribution is -2.23. The van der Waals surface area contributed by atoms with E-state index in [2.05, 4.69) is 25.2 Å². The molecular weight excluding hydrogens is 270 g/mol. The maximum atomic E-state index is 6.20. The van der Waals surface area contributed by atoms with Gasteiger partial charge in [0, 0.05) is 5.02 Å². The summed E-state index contributed by atoms with van der Waals surface area (Å²) in [6.45, 7) is 9.22. The van der Waals surface area contributed by atoms with Crippen LogP contribution in [-0.2, 0) is 0 Å². The van der Waals surface area contributed by atoms with Gasteiger partial charge in [-0.2, -0.15) is 0 Å². The van der Waals surface area contributed by atoms with Crippen LogP contribution in [0, 0.1) is 20.8 Å². The molecule has 1 aromatic heterocycles. The molecule has 0 saturated carbocycles. The Morgan fingerprint density at radius 2 is 1.90 bits per heavy atom.